The minimum absolute atomic E-state index is 0.0113. The van der Waals surface area contributed by atoms with Gasteiger partial charge < -0.3 is 8.84 Å². The summed E-state index contributed by atoms with van der Waals surface area (Å²) in [5, 5.41) is -0.0113. The van der Waals surface area contributed by atoms with Gasteiger partial charge in [-0.25, -0.2) is 4.98 Å². The van der Waals surface area contributed by atoms with Crippen LogP contribution in [-0.2, 0) is 10.8 Å². The van der Waals surface area contributed by atoms with Crippen LogP contribution in [0.15, 0.2) is 65.2 Å². The number of aromatic nitrogens is 1. The van der Waals surface area contributed by atoms with E-state index in [2.05, 4.69) is 63.1 Å². The Morgan fingerprint density at radius 3 is 2.32 bits per heavy atom. The first-order chi connectivity index (χ1) is 17.8. The lowest BCUT2D eigenvalue weighted by atomic mass is 10.0. The molecule has 0 saturated carbocycles. The number of halogens is 3. The number of benzene rings is 2. The molecular formula is C30H38F3NO3Si. The van der Waals surface area contributed by atoms with Crippen LogP contribution in [0.3, 0.4) is 0 Å². The number of carbonyl (C=O) groups excluding carboxylic acids is 1. The largest absolute Gasteiger partial charge is 0.454 e. The van der Waals surface area contributed by atoms with Crippen LogP contribution in [0.4, 0.5) is 13.2 Å². The first kappa shape index (κ1) is 29.8. The number of ketones is 1. The molecule has 0 fully saturated rings. The summed E-state index contributed by atoms with van der Waals surface area (Å²) in [5.74, 6) is -1.16. The molecule has 0 spiro atoms. The maximum atomic E-state index is 12.9. The molecule has 0 aliphatic rings. The summed E-state index contributed by atoms with van der Waals surface area (Å²) in [5.41, 5.74) is 1.28. The number of hydrogen-bond acceptors (Lipinski definition) is 4. The molecule has 38 heavy (non-hydrogen) atoms. The molecule has 0 aliphatic heterocycles. The van der Waals surface area contributed by atoms with Crippen LogP contribution in [0.1, 0.15) is 80.8 Å². The minimum atomic E-state index is -4.94. The van der Waals surface area contributed by atoms with Gasteiger partial charge in [0.25, 0.3) is 5.78 Å². The van der Waals surface area contributed by atoms with E-state index in [-0.39, 0.29) is 11.1 Å². The molecule has 0 saturated heterocycles. The van der Waals surface area contributed by atoms with Crippen LogP contribution in [0.25, 0.3) is 11.3 Å². The summed E-state index contributed by atoms with van der Waals surface area (Å²) in [6.07, 6.45) is 2.24. The highest BCUT2D eigenvalue weighted by molar-refractivity contribution is 6.74. The van der Waals surface area contributed by atoms with Crippen LogP contribution in [0.2, 0.25) is 18.1 Å². The van der Waals surface area contributed by atoms with Gasteiger partial charge in [-0.2, -0.15) is 13.2 Å². The molecule has 1 aromatic heterocycles. The van der Waals surface area contributed by atoms with Crippen molar-refractivity contribution in [1.82, 2.24) is 4.98 Å². The van der Waals surface area contributed by atoms with Gasteiger partial charge in [0.2, 0.25) is 5.89 Å². The predicted molar refractivity (Wildman–Crippen MR) is 147 cm³/mol. The zero-order valence-electron chi connectivity index (χ0n) is 22.9. The summed E-state index contributed by atoms with van der Waals surface area (Å²) < 4.78 is 51.5. The molecule has 3 aromatic rings. The maximum absolute atomic E-state index is 12.9. The standard InChI is InChI=1S/C30H38F3NO3Si/c1-29(2,3)38(4,5)37-25(19-12-7-6-9-14-22-15-10-8-11-16-22)28-34-21-26(36-28)23-17-13-18-24(20-23)27(35)30(31,32)33/h8,10-11,13,15-18,20-21,25H,6-7,9,12,14,19H2,1-5H3. The third kappa shape index (κ3) is 8.14. The lowest BCUT2D eigenvalue weighted by Crippen LogP contribution is -2.41. The lowest BCUT2D eigenvalue weighted by molar-refractivity contribution is -0.0885. The van der Waals surface area contributed by atoms with E-state index in [9.17, 15) is 18.0 Å². The summed E-state index contributed by atoms with van der Waals surface area (Å²) in [4.78, 5) is 16.2. The normalized spacial score (nSPS) is 13.5. The molecular weight excluding hydrogens is 507 g/mol. The van der Waals surface area contributed by atoms with Crippen molar-refractivity contribution >= 4 is 14.1 Å². The van der Waals surface area contributed by atoms with Gasteiger partial charge in [0.05, 0.1) is 6.20 Å². The van der Waals surface area contributed by atoms with Gasteiger partial charge in [0.15, 0.2) is 14.1 Å². The van der Waals surface area contributed by atoms with Crippen molar-refractivity contribution in [3.63, 3.8) is 0 Å². The van der Waals surface area contributed by atoms with Gasteiger partial charge in [-0.3, -0.25) is 4.79 Å². The fourth-order valence-electron chi connectivity index (χ4n) is 3.97. The molecule has 0 bridgehead atoms. The van der Waals surface area contributed by atoms with E-state index < -0.39 is 25.8 Å². The predicted octanol–water partition coefficient (Wildman–Crippen LogP) is 9.34. The zero-order chi connectivity index (χ0) is 28.0. The zero-order valence-corrected chi connectivity index (χ0v) is 23.9. The van der Waals surface area contributed by atoms with Crippen LogP contribution in [-0.4, -0.2) is 25.3 Å². The van der Waals surface area contributed by atoms with Crippen LogP contribution < -0.4 is 0 Å². The van der Waals surface area contributed by atoms with E-state index in [1.165, 1.54) is 23.9 Å². The van der Waals surface area contributed by atoms with Gasteiger partial charge in [0.1, 0.15) is 6.10 Å². The second kappa shape index (κ2) is 12.4. The summed E-state index contributed by atoms with van der Waals surface area (Å²) >= 11 is 0. The van der Waals surface area contributed by atoms with Crippen LogP contribution in [0, 0.1) is 0 Å². The van der Waals surface area contributed by atoms with Crippen molar-refractivity contribution in [3.05, 3.63) is 77.8 Å². The van der Waals surface area contributed by atoms with E-state index in [1.54, 1.807) is 6.07 Å². The van der Waals surface area contributed by atoms with Gasteiger partial charge in [0, 0.05) is 11.1 Å². The van der Waals surface area contributed by atoms with E-state index in [0.717, 1.165) is 44.6 Å². The highest BCUT2D eigenvalue weighted by Gasteiger charge is 2.41. The van der Waals surface area contributed by atoms with E-state index in [0.29, 0.717) is 17.2 Å². The van der Waals surface area contributed by atoms with Gasteiger partial charge in [-0.05, 0) is 49.0 Å². The SMILES string of the molecule is CC(C)(C)[Si](C)(C)OC(CCCCCCc1ccccc1)c1ncc(-c2cccc(C(=O)C(F)(F)F)c2)o1. The van der Waals surface area contributed by atoms with Crippen molar-refractivity contribution in [1.29, 1.82) is 0 Å². The monoisotopic (exact) mass is 545 g/mol. The first-order valence-corrected chi connectivity index (χ1v) is 16.1. The molecule has 206 valence electrons. The third-order valence-electron chi connectivity index (χ3n) is 7.23. The quantitative estimate of drug-likeness (QED) is 0.129. The van der Waals surface area contributed by atoms with Crippen molar-refractivity contribution in [2.45, 2.75) is 89.7 Å². The number of aryl methyl sites for hydroxylation is 1. The van der Waals surface area contributed by atoms with Crippen molar-refractivity contribution in [3.8, 4) is 11.3 Å². The van der Waals surface area contributed by atoms with E-state index >= 15 is 0 Å². The molecule has 4 nitrogen and oxygen atoms in total. The number of alkyl halides is 3. The summed E-state index contributed by atoms with van der Waals surface area (Å²) in [6, 6.07) is 15.8. The number of hydrogen-bond donors (Lipinski definition) is 0. The van der Waals surface area contributed by atoms with Gasteiger partial charge >= 0.3 is 6.18 Å². The Balaban J connectivity index is 1.71. The lowest BCUT2D eigenvalue weighted by Gasteiger charge is -2.38. The number of nitrogens with zero attached hydrogens (tertiary/aromatic N) is 1. The molecule has 0 aliphatic carbocycles. The second-order valence-electron chi connectivity index (χ2n) is 11.3. The Kier molecular flexibility index (Phi) is 9.76. The molecule has 3 rings (SSSR count). The molecule has 2 aromatic carbocycles. The molecule has 1 unspecified atom stereocenters. The average Bonchev–Trinajstić information content (AvgIpc) is 3.35. The number of unbranched alkanes of at least 4 members (excludes halogenated alkanes) is 3. The average molecular weight is 546 g/mol. The highest BCUT2D eigenvalue weighted by atomic mass is 28.4. The Morgan fingerprint density at radius 1 is 0.974 bits per heavy atom. The maximum Gasteiger partial charge on any atom is 0.454 e. The molecule has 8 heteroatoms. The number of Topliss-reactive ketones (excluding diaryl/α,β-unsaturated/α-hetero) is 1. The fourth-order valence-corrected chi connectivity index (χ4v) is 5.25. The van der Waals surface area contributed by atoms with Crippen molar-refractivity contribution in [2.24, 2.45) is 0 Å². The van der Waals surface area contributed by atoms with Gasteiger partial charge in [-0.15, -0.1) is 0 Å². The fraction of sp³-hybridized carbons (Fsp3) is 0.467. The first-order valence-electron chi connectivity index (χ1n) is 13.2. The second-order valence-corrected chi connectivity index (χ2v) is 16.0. The smallest absolute Gasteiger partial charge is 0.438 e. The van der Waals surface area contributed by atoms with E-state index in [4.69, 9.17) is 8.84 Å². The number of oxazole rings is 1. The van der Waals surface area contributed by atoms with Crippen molar-refractivity contribution < 1.29 is 26.8 Å². The van der Waals surface area contributed by atoms with E-state index in [1.807, 2.05) is 6.07 Å². The van der Waals surface area contributed by atoms with Gasteiger partial charge in [-0.1, -0.05) is 88.6 Å². The number of carbonyl (C=O) groups is 1. The molecule has 1 heterocycles. The molecule has 0 radical (unpaired) electrons. The Hall–Kier alpha value is -2.71. The molecule has 0 amide bonds. The number of rotatable bonds is 12. The molecule has 0 N–H and O–H groups in total. The Labute approximate surface area is 224 Å². The Morgan fingerprint density at radius 2 is 1.66 bits per heavy atom. The van der Waals surface area contributed by atoms with Crippen LogP contribution in [0.5, 0.6) is 0 Å². The molecule has 1 atom stereocenters. The van der Waals surface area contributed by atoms with Crippen LogP contribution >= 0.6 is 0 Å². The minimum Gasteiger partial charge on any atom is -0.438 e. The van der Waals surface area contributed by atoms with Crippen molar-refractivity contribution in [2.75, 3.05) is 0 Å². The third-order valence-corrected chi connectivity index (χ3v) is 11.7. The summed E-state index contributed by atoms with van der Waals surface area (Å²) in [6.45, 7) is 10.9. The topological polar surface area (TPSA) is 52.3 Å². The summed E-state index contributed by atoms with van der Waals surface area (Å²) in [7, 11) is -2.15. The Bertz CT molecular complexity index is 1180. The highest BCUT2D eigenvalue weighted by Crippen LogP contribution is 2.41.